The molecule has 0 aromatic heterocycles. The fraction of sp³-hybridized carbons (Fsp3) is 0. The van der Waals surface area contributed by atoms with Gasteiger partial charge in [0, 0.05) is 21.1 Å². The maximum Gasteiger partial charge on any atom is 0.0689 e. The molecule has 0 aromatic carbocycles. The molecule has 0 aliphatic rings. The van der Waals surface area contributed by atoms with E-state index in [1.54, 1.807) is 0 Å². The van der Waals surface area contributed by atoms with Crippen molar-refractivity contribution < 1.29 is 51.9 Å². The second-order valence-corrected chi connectivity index (χ2v) is 0.894. The Balaban J connectivity index is -0.0000000279. The van der Waals surface area contributed by atoms with Gasteiger partial charge in [-0.25, -0.2) is 0 Å². The van der Waals surface area contributed by atoms with Crippen molar-refractivity contribution in [2.75, 3.05) is 0 Å². The Morgan fingerprint density at radius 1 is 0.474 bits per heavy atom. The van der Waals surface area contributed by atoms with E-state index in [1.807, 2.05) is 0 Å². The molecule has 0 rings (SSSR count). The van der Waals surface area contributed by atoms with Gasteiger partial charge in [-0.05, 0) is 0 Å². The van der Waals surface area contributed by atoms with Gasteiger partial charge in [0.15, 0.2) is 0 Å². The van der Waals surface area contributed by atoms with Gasteiger partial charge in [0.05, 0.1) is 20.3 Å². The second-order valence-electron chi connectivity index (χ2n) is 0.894. The SMILES string of the molecule is O=[N+]([O-])[O-].O=[N+]([O-])[O-].O=[N+]([O-])[O-].O=[N+]([O-])[O-].OO.[W]. The minimum absolute atomic E-state index is 0. The van der Waals surface area contributed by atoms with Crippen molar-refractivity contribution >= 4 is 0 Å². The Labute approximate surface area is 114 Å². The van der Waals surface area contributed by atoms with Crippen LogP contribution in [0.2, 0.25) is 0 Å². The first-order valence-corrected chi connectivity index (χ1v) is 2.39. The standard InChI is InChI=1S/4NO3.H2O2.W/c4*2-1(3)4;1-2;/h;;;;1-2H;/q4*-1;;. The molecular weight excluding hydrogens is 464 g/mol. The molecule has 0 bridgehead atoms. The van der Waals surface area contributed by atoms with E-state index in [2.05, 4.69) is 0 Å². The molecule has 0 fully saturated rings. The van der Waals surface area contributed by atoms with E-state index >= 15 is 0 Å². The molecule has 2 N–H and O–H groups in total. The average Bonchev–Trinajstić information content (AvgIpc) is 2.01. The van der Waals surface area contributed by atoms with Crippen molar-refractivity contribution in [2.45, 2.75) is 0 Å². The van der Waals surface area contributed by atoms with Gasteiger partial charge < -0.3 is 61.3 Å². The molecule has 116 valence electrons. The van der Waals surface area contributed by atoms with Crippen LogP contribution in [0.5, 0.6) is 0 Å². The Morgan fingerprint density at radius 3 is 0.474 bits per heavy atom. The van der Waals surface area contributed by atoms with E-state index in [1.165, 1.54) is 0 Å². The van der Waals surface area contributed by atoms with Gasteiger partial charge in [0.1, 0.15) is 0 Å². The number of nitrogens with zero attached hydrogens (tertiary/aromatic N) is 4. The summed E-state index contributed by atoms with van der Waals surface area (Å²) in [7, 11) is 0. The third-order valence-corrected chi connectivity index (χ3v) is 0. The molecule has 0 aliphatic carbocycles. The van der Waals surface area contributed by atoms with Crippen LogP contribution < -0.4 is 0 Å². The number of hydrogen-bond donors (Lipinski definition) is 2. The molecular formula is H2N4O14W-4. The normalized spacial score (nSPS) is 5.37. The molecule has 0 heterocycles. The van der Waals surface area contributed by atoms with E-state index in [-0.39, 0.29) is 21.1 Å². The van der Waals surface area contributed by atoms with Gasteiger partial charge in [0.2, 0.25) is 0 Å². The minimum atomic E-state index is -1.75. The van der Waals surface area contributed by atoms with Crippen molar-refractivity contribution in [1.82, 2.24) is 0 Å². The van der Waals surface area contributed by atoms with Crippen molar-refractivity contribution in [2.24, 2.45) is 0 Å². The maximum atomic E-state index is 8.25. The Morgan fingerprint density at radius 2 is 0.474 bits per heavy atom. The molecule has 0 spiro atoms. The fourth-order valence-corrected chi connectivity index (χ4v) is 0. The van der Waals surface area contributed by atoms with Crippen LogP contribution in [0.25, 0.3) is 0 Å². The van der Waals surface area contributed by atoms with Crippen LogP contribution in [0.1, 0.15) is 0 Å². The molecule has 0 aromatic rings. The zero-order chi connectivity index (χ0) is 16.3. The summed E-state index contributed by atoms with van der Waals surface area (Å²) in [6.45, 7) is 0. The summed E-state index contributed by atoms with van der Waals surface area (Å²) in [6.07, 6.45) is 0. The Bertz CT molecular complexity index is 159. The molecule has 19 heteroatoms. The first-order valence-electron chi connectivity index (χ1n) is 2.39. The van der Waals surface area contributed by atoms with Crippen LogP contribution in [-0.4, -0.2) is 30.9 Å². The van der Waals surface area contributed by atoms with Crippen LogP contribution in [-0.2, 0) is 21.1 Å². The van der Waals surface area contributed by atoms with Gasteiger partial charge >= 0.3 is 0 Å². The molecule has 0 aliphatic heterocycles. The molecule has 0 unspecified atom stereocenters. The summed E-state index contributed by atoms with van der Waals surface area (Å²) < 4.78 is 0. The van der Waals surface area contributed by atoms with Gasteiger partial charge in [-0.3, -0.25) is 10.5 Å². The van der Waals surface area contributed by atoms with E-state index in [0.29, 0.717) is 0 Å². The molecule has 19 heavy (non-hydrogen) atoms. The predicted molar refractivity (Wildman–Crippen MR) is 46.7 cm³/mol. The summed E-state index contributed by atoms with van der Waals surface area (Å²) in [5.41, 5.74) is 0. The largest absolute Gasteiger partial charge is 0.356 e. The van der Waals surface area contributed by atoms with Gasteiger partial charge in [-0.15, -0.1) is 0 Å². The third-order valence-electron chi connectivity index (χ3n) is 0. The van der Waals surface area contributed by atoms with Gasteiger partial charge in [-0.2, -0.15) is 0 Å². The zero-order valence-corrected chi connectivity index (χ0v) is 10.9. The van der Waals surface area contributed by atoms with Crippen LogP contribution in [0.15, 0.2) is 0 Å². The minimum Gasteiger partial charge on any atom is -0.356 e. The molecule has 0 saturated carbocycles. The summed E-state index contributed by atoms with van der Waals surface area (Å²) in [4.78, 5) is 33.0. The molecule has 0 atom stereocenters. The van der Waals surface area contributed by atoms with Crippen molar-refractivity contribution in [3.63, 3.8) is 0 Å². The van der Waals surface area contributed by atoms with Crippen LogP contribution in [0, 0.1) is 61.3 Å². The van der Waals surface area contributed by atoms with Crippen molar-refractivity contribution in [1.29, 1.82) is 0 Å². The van der Waals surface area contributed by atoms with Crippen LogP contribution in [0.4, 0.5) is 0 Å². The monoisotopic (exact) mass is 466 g/mol. The topological polar surface area (TPSA) is 305 Å². The van der Waals surface area contributed by atoms with Gasteiger partial charge in [-0.1, -0.05) is 0 Å². The fourth-order valence-electron chi connectivity index (χ4n) is 0. The van der Waals surface area contributed by atoms with Crippen molar-refractivity contribution in [3.8, 4) is 0 Å². The van der Waals surface area contributed by atoms with E-state index in [0.717, 1.165) is 0 Å². The van der Waals surface area contributed by atoms with E-state index in [4.69, 9.17) is 71.8 Å². The summed E-state index contributed by atoms with van der Waals surface area (Å²) >= 11 is 0. The summed E-state index contributed by atoms with van der Waals surface area (Å²) in [6, 6.07) is 0. The zero-order valence-electron chi connectivity index (χ0n) is 7.99. The maximum absolute atomic E-state index is 8.25. The Hall–Kier alpha value is -2.59. The quantitative estimate of drug-likeness (QED) is 0.247. The average molecular weight is 466 g/mol. The van der Waals surface area contributed by atoms with E-state index in [9.17, 15) is 0 Å². The number of hydrogen-bond acceptors (Lipinski definition) is 14. The van der Waals surface area contributed by atoms with Crippen molar-refractivity contribution in [3.05, 3.63) is 61.3 Å². The molecule has 0 amide bonds. The second kappa shape index (κ2) is 36.1. The summed E-state index contributed by atoms with van der Waals surface area (Å²) in [5.74, 6) is 0. The summed E-state index contributed by atoms with van der Waals surface area (Å²) in [5, 5.41) is 71.0. The molecule has 0 radical (unpaired) electrons. The van der Waals surface area contributed by atoms with E-state index < -0.39 is 20.3 Å². The first kappa shape index (κ1) is 36.0. The third kappa shape index (κ3) is 412. The smallest absolute Gasteiger partial charge is 0.0689 e. The number of rotatable bonds is 0. The van der Waals surface area contributed by atoms with Gasteiger partial charge in [0.25, 0.3) is 0 Å². The molecule has 0 saturated heterocycles. The predicted octanol–water partition coefficient (Wildman–Crippen LogP) is -0.942. The van der Waals surface area contributed by atoms with Crippen LogP contribution >= 0.6 is 0 Å². The molecule has 18 nitrogen and oxygen atoms in total. The Kier molecular flexibility index (Phi) is 68.4. The van der Waals surface area contributed by atoms with Crippen LogP contribution in [0.3, 0.4) is 0 Å². The first-order chi connectivity index (χ1) is 7.93.